The van der Waals surface area contributed by atoms with E-state index in [9.17, 15) is 9.18 Å². The molecule has 0 spiro atoms. The first kappa shape index (κ1) is 39.1. The van der Waals surface area contributed by atoms with Gasteiger partial charge in [-0.25, -0.2) is 13.6 Å². The number of anilines is 2. The van der Waals surface area contributed by atoms with Crippen molar-refractivity contribution >= 4 is 35.0 Å². The molecule has 0 fully saturated rings. The Balaban J connectivity index is 0.00000270. The molecule has 0 bridgehead atoms. The molecule has 0 radical (unpaired) electrons. The smallest absolute Gasteiger partial charge is 0.319 e. The summed E-state index contributed by atoms with van der Waals surface area (Å²) in [5.74, 6) is -0.899. The number of halogens is 2. The van der Waals surface area contributed by atoms with E-state index < -0.39 is 23.1 Å². The number of nitrogens with zero attached hydrogens (tertiary/aromatic N) is 2. The predicted molar refractivity (Wildman–Crippen MR) is 177 cm³/mol. The number of nitriles is 1. The minimum atomic E-state index is -0.665. The summed E-state index contributed by atoms with van der Waals surface area (Å²) < 4.78 is 35.5. The van der Waals surface area contributed by atoms with Crippen molar-refractivity contribution in [3.63, 3.8) is 0 Å². The lowest BCUT2D eigenvalue weighted by Gasteiger charge is -2.17. The number of carbonyl (C=O) groups is 1. The summed E-state index contributed by atoms with van der Waals surface area (Å²) in [5.41, 5.74) is 0.253. The van der Waals surface area contributed by atoms with Crippen molar-refractivity contribution in [1.82, 2.24) is 5.32 Å². The first-order chi connectivity index (χ1) is 20.5. The summed E-state index contributed by atoms with van der Waals surface area (Å²) in [6.45, 7) is 20.4. The van der Waals surface area contributed by atoms with E-state index in [1.54, 1.807) is 26.8 Å². The van der Waals surface area contributed by atoms with Crippen LogP contribution in [0, 0.1) is 28.4 Å². The van der Waals surface area contributed by atoms with Crippen molar-refractivity contribution in [3.8, 4) is 11.8 Å². The standard InChI is InChI=1S/C28H35F2N5O2.C4H10.C2H6/c1-6-8-9-14-37-21-16-23(30)26(25(17-21)32-7-2)19(3)34-24-11-10-20(15-22(24)29)35-27(36)33-13-12-28(4,5)18-31;1-3-4-2;1-2/h7,10-11,15-17,34H,3,6,8-9,12-14H2,1-2,4-5H3,(H2,33,35,36);3-4H2,1-2H3;1-2H3. The molecule has 0 aliphatic heterocycles. The van der Waals surface area contributed by atoms with Crippen LogP contribution in [0.1, 0.15) is 99.5 Å². The molecule has 3 N–H and O–H groups in total. The lowest BCUT2D eigenvalue weighted by atomic mass is 9.92. The third-order valence-electron chi connectivity index (χ3n) is 5.98. The molecule has 238 valence electrons. The van der Waals surface area contributed by atoms with Crippen LogP contribution in [-0.2, 0) is 0 Å². The van der Waals surface area contributed by atoms with Crippen molar-refractivity contribution in [2.75, 3.05) is 23.8 Å². The van der Waals surface area contributed by atoms with Crippen LogP contribution in [0.15, 0.2) is 41.9 Å². The fraction of sp³-hybridized carbons (Fsp3) is 0.500. The minimum Gasteiger partial charge on any atom is -0.493 e. The SMILES string of the molecule is C=C(Nc1ccc(NC(=O)NCCC(C)(C)C#N)cc1F)c1c(F)cc(OCCCCC)cc1N=CC.CC.CCCC. The van der Waals surface area contributed by atoms with Crippen molar-refractivity contribution in [2.45, 2.75) is 93.9 Å². The average Bonchev–Trinajstić information content (AvgIpc) is 2.98. The van der Waals surface area contributed by atoms with Crippen LogP contribution in [0.3, 0.4) is 0 Å². The topological polar surface area (TPSA) is 98.5 Å². The van der Waals surface area contributed by atoms with Gasteiger partial charge in [0.2, 0.25) is 0 Å². The van der Waals surface area contributed by atoms with Gasteiger partial charge < -0.3 is 20.7 Å². The summed E-state index contributed by atoms with van der Waals surface area (Å²) in [7, 11) is 0. The van der Waals surface area contributed by atoms with Gasteiger partial charge in [-0.2, -0.15) is 5.26 Å². The summed E-state index contributed by atoms with van der Waals surface area (Å²) in [6.07, 6.45) is 7.58. The van der Waals surface area contributed by atoms with Crippen molar-refractivity contribution in [3.05, 3.63) is 54.1 Å². The number of hydrogen-bond donors (Lipinski definition) is 3. The van der Waals surface area contributed by atoms with Gasteiger partial charge in [0.25, 0.3) is 0 Å². The van der Waals surface area contributed by atoms with Crippen LogP contribution in [0.4, 0.5) is 30.6 Å². The first-order valence-corrected chi connectivity index (χ1v) is 15.2. The van der Waals surface area contributed by atoms with Crippen LogP contribution >= 0.6 is 0 Å². The van der Waals surface area contributed by atoms with Gasteiger partial charge in [-0.05, 0) is 51.8 Å². The van der Waals surface area contributed by atoms with Gasteiger partial charge in [0, 0.05) is 36.3 Å². The molecule has 0 aliphatic carbocycles. The highest BCUT2D eigenvalue weighted by Crippen LogP contribution is 2.34. The Morgan fingerprint density at radius 1 is 1.05 bits per heavy atom. The lowest BCUT2D eigenvalue weighted by Crippen LogP contribution is -2.31. The number of aliphatic imine (C=N–C) groups is 1. The number of benzene rings is 2. The van der Waals surface area contributed by atoms with E-state index in [1.165, 1.54) is 37.3 Å². The highest BCUT2D eigenvalue weighted by atomic mass is 19.1. The molecule has 0 saturated heterocycles. The number of nitrogens with one attached hydrogen (secondary N) is 3. The molecule has 0 heterocycles. The van der Waals surface area contributed by atoms with Gasteiger partial charge in [-0.1, -0.05) is 66.9 Å². The Bertz CT molecular complexity index is 1200. The van der Waals surface area contributed by atoms with Gasteiger partial charge in [0.05, 0.1) is 35.0 Å². The largest absolute Gasteiger partial charge is 0.493 e. The quantitative estimate of drug-likeness (QED) is 0.149. The molecular weight excluding hydrogens is 548 g/mol. The molecule has 0 saturated carbocycles. The maximum atomic E-state index is 15.0. The number of carbonyl (C=O) groups excluding carboxylic acids is 1. The fourth-order valence-electron chi connectivity index (χ4n) is 3.37. The number of urea groups is 1. The number of unbranched alkanes of at least 4 members (excludes halogenated alkanes) is 3. The van der Waals surface area contributed by atoms with Gasteiger partial charge in [0.15, 0.2) is 0 Å². The summed E-state index contributed by atoms with van der Waals surface area (Å²) in [6, 6.07) is 8.60. The van der Waals surface area contributed by atoms with Crippen LogP contribution in [0.2, 0.25) is 0 Å². The van der Waals surface area contributed by atoms with Gasteiger partial charge in [0.1, 0.15) is 17.4 Å². The highest BCUT2D eigenvalue weighted by Gasteiger charge is 2.18. The van der Waals surface area contributed by atoms with Gasteiger partial charge >= 0.3 is 6.03 Å². The molecule has 0 aliphatic rings. The second-order valence-corrected chi connectivity index (χ2v) is 10.2. The molecule has 2 aromatic rings. The lowest BCUT2D eigenvalue weighted by molar-refractivity contribution is 0.251. The van der Waals surface area contributed by atoms with Crippen molar-refractivity contribution in [2.24, 2.45) is 10.4 Å². The fourth-order valence-corrected chi connectivity index (χ4v) is 3.37. The second kappa shape index (κ2) is 21.7. The second-order valence-electron chi connectivity index (χ2n) is 10.2. The van der Waals surface area contributed by atoms with Gasteiger partial charge in [-0.15, -0.1) is 0 Å². The molecule has 2 rings (SSSR count). The van der Waals surface area contributed by atoms with Crippen LogP contribution in [0.25, 0.3) is 5.70 Å². The van der Waals surface area contributed by atoms with E-state index >= 15 is 4.39 Å². The zero-order chi connectivity index (χ0) is 32.8. The molecule has 2 aromatic carbocycles. The predicted octanol–water partition coefficient (Wildman–Crippen LogP) is 10.2. The van der Waals surface area contributed by atoms with E-state index in [2.05, 4.69) is 54.4 Å². The maximum Gasteiger partial charge on any atom is 0.319 e. The number of amides is 2. The van der Waals surface area contributed by atoms with E-state index in [0.717, 1.165) is 25.3 Å². The number of rotatable bonds is 14. The molecule has 2 amide bonds. The molecular formula is C34H51F2N5O2. The molecule has 0 aromatic heterocycles. The Kier molecular flexibility index (Phi) is 19.7. The number of hydrogen-bond acceptors (Lipinski definition) is 5. The van der Waals surface area contributed by atoms with Gasteiger partial charge in [-0.3, -0.25) is 4.99 Å². The normalized spacial score (nSPS) is 10.4. The number of ether oxygens (including phenoxy) is 1. The van der Waals surface area contributed by atoms with E-state index in [-0.39, 0.29) is 22.6 Å². The Morgan fingerprint density at radius 2 is 1.72 bits per heavy atom. The zero-order valence-corrected chi connectivity index (χ0v) is 27.3. The van der Waals surface area contributed by atoms with Crippen molar-refractivity contribution < 1.29 is 18.3 Å². The monoisotopic (exact) mass is 599 g/mol. The Morgan fingerprint density at radius 3 is 2.28 bits per heavy atom. The minimum absolute atomic E-state index is 0.0532. The van der Waals surface area contributed by atoms with E-state index in [1.807, 2.05) is 13.8 Å². The molecule has 0 unspecified atom stereocenters. The van der Waals surface area contributed by atoms with Crippen LogP contribution in [0.5, 0.6) is 5.75 Å². The maximum absolute atomic E-state index is 15.0. The first-order valence-electron chi connectivity index (χ1n) is 15.2. The third kappa shape index (κ3) is 15.2. The zero-order valence-electron chi connectivity index (χ0n) is 27.3. The average molecular weight is 600 g/mol. The summed E-state index contributed by atoms with van der Waals surface area (Å²) in [5, 5.41) is 17.0. The Hall–Kier alpha value is -3.93. The molecule has 0 atom stereocenters. The molecule has 9 heteroatoms. The summed E-state index contributed by atoms with van der Waals surface area (Å²) >= 11 is 0. The molecule has 7 nitrogen and oxygen atoms in total. The van der Waals surface area contributed by atoms with Crippen LogP contribution in [-0.4, -0.2) is 25.4 Å². The van der Waals surface area contributed by atoms with E-state index in [4.69, 9.17) is 10.00 Å². The molecule has 43 heavy (non-hydrogen) atoms. The summed E-state index contributed by atoms with van der Waals surface area (Å²) in [4.78, 5) is 16.3. The van der Waals surface area contributed by atoms with Crippen molar-refractivity contribution in [1.29, 1.82) is 5.26 Å². The van der Waals surface area contributed by atoms with Crippen LogP contribution < -0.4 is 20.7 Å². The Labute approximate surface area is 257 Å². The third-order valence-corrected chi connectivity index (χ3v) is 5.98. The highest BCUT2D eigenvalue weighted by molar-refractivity contribution is 5.90. The van der Waals surface area contributed by atoms with E-state index in [0.29, 0.717) is 31.0 Å².